The van der Waals surface area contributed by atoms with Crippen LogP contribution < -0.4 is 20.1 Å². The number of ether oxygens (including phenoxy) is 2. The van der Waals surface area contributed by atoms with Gasteiger partial charge in [0.25, 0.3) is 0 Å². The van der Waals surface area contributed by atoms with Gasteiger partial charge in [0, 0.05) is 37.6 Å². The molecule has 2 N–H and O–H groups in total. The summed E-state index contributed by atoms with van der Waals surface area (Å²) in [6.07, 6.45) is 0. The zero-order valence-electron chi connectivity index (χ0n) is 18.3. The summed E-state index contributed by atoms with van der Waals surface area (Å²) in [5.41, 5.74) is 6.48. The Morgan fingerprint density at radius 3 is 1.89 bits per heavy atom. The summed E-state index contributed by atoms with van der Waals surface area (Å²) in [5, 5.41) is 0.485. The van der Waals surface area contributed by atoms with Crippen molar-refractivity contribution in [3.05, 3.63) is 41.2 Å². The molecule has 4 rings (SSSR count). The molecule has 15 heteroatoms. The van der Waals surface area contributed by atoms with Crippen molar-refractivity contribution < 1.29 is 39.8 Å². The van der Waals surface area contributed by atoms with Crippen molar-refractivity contribution in [3.8, 4) is 11.5 Å². The van der Waals surface area contributed by atoms with Crippen LogP contribution in [0.5, 0.6) is 11.5 Å². The topological polar surface area (TPSA) is 111 Å². The predicted octanol–water partition coefficient (Wildman–Crippen LogP) is 2.44. The minimum Gasteiger partial charge on any atom is -0.493 e. The maximum atomic E-state index is 14.1. The molecule has 1 fully saturated rings. The average Bonchev–Trinajstić information content (AvgIpc) is 2.85. The summed E-state index contributed by atoms with van der Waals surface area (Å²) in [6, 6.07) is 3.18. The van der Waals surface area contributed by atoms with Crippen LogP contribution in [0, 0.1) is 29.1 Å². The summed E-state index contributed by atoms with van der Waals surface area (Å²) in [6.45, 7) is -0.774. The van der Waals surface area contributed by atoms with E-state index in [1.807, 2.05) is 0 Å². The number of benzene rings is 2. The van der Waals surface area contributed by atoms with Gasteiger partial charge in [0.05, 0.1) is 19.7 Å². The fourth-order valence-electron chi connectivity index (χ4n) is 3.68. The highest BCUT2D eigenvalue weighted by atomic mass is 32.2. The van der Waals surface area contributed by atoms with Crippen LogP contribution in [0.4, 0.5) is 33.7 Å². The quantitative estimate of drug-likeness (QED) is 0.311. The first-order valence-corrected chi connectivity index (χ1v) is 11.4. The SMILES string of the molecule is COc1cc2nc(N3CCN(S(=O)(=O)c4c(F)c(F)c(F)c(F)c4F)CC3)nc(N)c2cc1OC. The minimum absolute atomic E-state index is 0.0487. The molecule has 0 saturated carbocycles. The Hall–Kier alpha value is -3.46. The number of sulfonamides is 1. The molecule has 2 heterocycles. The molecule has 0 spiro atoms. The lowest BCUT2D eigenvalue weighted by atomic mass is 10.2. The minimum atomic E-state index is -5.04. The number of hydrogen-bond donors (Lipinski definition) is 1. The molecule has 0 radical (unpaired) electrons. The highest BCUT2D eigenvalue weighted by Gasteiger charge is 2.38. The Morgan fingerprint density at radius 1 is 0.829 bits per heavy atom. The summed E-state index contributed by atoms with van der Waals surface area (Å²) in [7, 11) is -2.14. The third-order valence-corrected chi connectivity index (χ3v) is 7.43. The molecule has 0 amide bonds. The first kappa shape index (κ1) is 24.7. The van der Waals surface area contributed by atoms with Crippen molar-refractivity contribution in [2.24, 2.45) is 0 Å². The lowest BCUT2D eigenvalue weighted by molar-refractivity contribution is 0.344. The van der Waals surface area contributed by atoms with Crippen LogP contribution in [0.3, 0.4) is 0 Å². The number of nitrogen functional groups attached to an aromatic ring is 1. The molecule has 1 aliphatic rings. The molecule has 0 unspecified atom stereocenters. The van der Waals surface area contributed by atoms with Gasteiger partial charge in [0.1, 0.15) is 5.82 Å². The van der Waals surface area contributed by atoms with Crippen LogP contribution >= 0.6 is 0 Å². The van der Waals surface area contributed by atoms with Crippen molar-refractivity contribution in [1.29, 1.82) is 0 Å². The number of fused-ring (bicyclic) bond motifs is 1. The maximum Gasteiger partial charge on any atom is 0.249 e. The van der Waals surface area contributed by atoms with Crippen molar-refractivity contribution in [2.75, 3.05) is 51.0 Å². The highest BCUT2D eigenvalue weighted by molar-refractivity contribution is 7.89. The Kier molecular flexibility index (Phi) is 6.31. The molecule has 1 aromatic heterocycles. The van der Waals surface area contributed by atoms with E-state index in [0.717, 1.165) is 0 Å². The second kappa shape index (κ2) is 8.96. The van der Waals surface area contributed by atoms with Crippen molar-refractivity contribution >= 4 is 32.7 Å². The number of nitrogens with zero attached hydrogens (tertiary/aromatic N) is 4. The van der Waals surface area contributed by atoms with Crippen molar-refractivity contribution in [3.63, 3.8) is 0 Å². The van der Waals surface area contributed by atoms with E-state index in [1.165, 1.54) is 14.2 Å². The van der Waals surface area contributed by atoms with Crippen LogP contribution in [-0.2, 0) is 10.0 Å². The Morgan fingerprint density at radius 2 is 1.34 bits per heavy atom. The molecule has 0 atom stereocenters. The molecule has 2 aromatic carbocycles. The number of rotatable bonds is 5. The first-order chi connectivity index (χ1) is 16.5. The van der Waals surface area contributed by atoms with E-state index in [2.05, 4.69) is 9.97 Å². The average molecular weight is 519 g/mol. The van der Waals surface area contributed by atoms with Gasteiger partial charge in [-0.25, -0.2) is 35.4 Å². The first-order valence-electron chi connectivity index (χ1n) is 9.97. The van der Waals surface area contributed by atoms with Crippen LogP contribution in [0.2, 0.25) is 0 Å². The molecule has 3 aromatic rings. The third kappa shape index (κ3) is 4.03. The number of piperazine rings is 1. The fourth-order valence-corrected chi connectivity index (χ4v) is 5.21. The zero-order valence-corrected chi connectivity index (χ0v) is 19.1. The second-order valence-corrected chi connectivity index (χ2v) is 9.30. The molecule has 1 aliphatic heterocycles. The molecular weight excluding hydrogens is 501 g/mol. The monoisotopic (exact) mass is 519 g/mol. The summed E-state index contributed by atoms with van der Waals surface area (Å²) in [5.74, 6) is -10.9. The van der Waals surface area contributed by atoms with E-state index in [4.69, 9.17) is 15.2 Å². The molecule has 0 bridgehead atoms. The smallest absolute Gasteiger partial charge is 0.249 e. The largest absolute Gasteiger partial charge is 0.493 e. The van der Waals surface area contributed by atoms with Gasteiger partial charge in [0.2, 0.25) is 21.8 Å². The van der Waals surface area contributed by atoms with Gasteiger partial charge in [0.15, 0.2) is 39.7 Å². The maximum absolute atomic E-state index is 14.1. The van der Waals surface area contributed by atoms with Crippen LogP contribution in [0.15, 0.2) is 17.0 Å². The van der Waals surface area contributed by atoms with Gasteiger partial charge >= 0.3 is 0 Å². The van der Waals surface area contributed by atoms with Gasteiger partial charge in [-0.05, 0) is 6.07 Å². The number of halogens is 5. The Labute approximate surface area is 195 Å². The predicted molar refractivity (Wildman–Crippen MR) is 114 cm³/mol. The van der Waals surface area contributed by atoms with Crippen LogP contribution in [0.1, 0.15) is 0 Å². The Balaban J connectivity index is 1.62. The van der Waals surface area contributed by atoms with Gasteiger partial charge < -0.3 is 20.1 Å². The van der Waals surface area contributed by atoms with Gasteiger partial charge in [-0.1, -0.05) is 0 Å². The van der Waals surface area contributed by atoms with E-state index < -0.39 is 44.0 Å². The molecule has 35 heavy (non-hydrogen) atoms. The number of hydrogen-bond acceptors (Lipinski definition) is 8. The van der Waals surface area contributed by atoms with E-state index in [1.54, 1.807) is 17.0 Å². The second-order valence-electron chi connectivity index (χ2n) is 7.42. The lowest BCUT2D eigenvalue weighted by Crippen LogP contribution is -2.49. The third-order valence-electron chi connectivity index (χ3n) is 5.51. The molecule has 0 aliphatic carbocycles. The van der Waals surface area contributed by atoms with Crippen molar-refractivity contribution in [2.45, 2.75) is 4.90 Å². The fraction of sp³-hybridized carbons (Fsp3) is 0.300. The summed E-state index contributed by atoms with van der Waals surface area (Å²) < 4.78 is 105. The van der Waals surface area contributed by atoms with E-state index in [9.17, 15) is 30.4 Å². The normalized spacial score (nSPS) is 15.0. The van der Waals surface area contributed by atoms with E-state index in [0.29, 0.717) is 26.7 Å². The number of nitrogens with two attached hydrogens (primary N) is 1. The molecular formula is C20H18F5N5O4S. The lowest BCUT2D eigenvalue weighted by Gasteiger charge is -2.34. The van der Waals surface area contributed by atoms with Gasteiger partial charge in [-0.15, -0.1) is 0 Å². The van der Waals surface area contributed by atoms with E-state index >= 15 is 0 Å². The number of methoxy groups -OCH3 is 2. The summed E-state index contributed by atoms with van der Waals surface area (Å²) in [4.78, 5) is 8.32. The molecule has 1 saturated heterocycles. The van der Waals surface area contributed by atoms with Crippen LogP contribution in [0.25, 0.3) is 10.9 Å². The molecule has 9 nitrogen and oxygen atoms in total. The highest BCUT2D eigenvalue weighted by Crippen LogP contribution is 2.34. The van der Waals surface area contributed by atoms with E-state index in [-0.39, 0.29) is 37.9 Å². The Bertz CT molecular complexity index is 1400. The number of aromatic nitrogens is 2. The number of anilines is 2. The standard InChI is InChI=1S/C20H18F5N5O4S/c1-33-11-7-9-10(8-12(11)34-2)27-20(28-19(9)26)29-3-5-30(6-4-29)35(31,32)18-16(24)14(22)13(21)15(23)17(18)25/h7-8H,3-6H2,1-2H3,(H2,26,27,28). The van der Waals surface area contributed by atoms with Crippen molar-refractivity contribution in [1.82, 2.24) is 14.3 Å². The zero-order chi connectivity index (χ0) is 25.7. The van der Waals surface area contributed by atoms with Crippen LogP contribution in [-0.4, -0.2) is 63.1 Å². The van der Waals surface area contributed by atoms with Gasteiger partial charge in [-0.3, -0.25) is 0 Å². The molecule has 188 valence electrons. The van der Waals surface area contributed by atoms with Gasteiger partial charge in [-0.2, -0.15) is 9.29 Å². The summed E-state index contributed by atoms with van der Waals surface area (Å²) >= 11 is 0.